The Kier molecular flexibility index (Phi) is 5.23. The molecule has 128 valence electrons. The van der Waals surface area contributed by atoms with Crippen LogP contribution >= 0.6 is 0 Å². The third kappa shape index (κ3) is 3.73. The highest BCUT2D eigenvalue weighted by atomic mass is 16.5. The summed E-state index contributed by atoms with van der Waals surface area (Å²) in [5.74, 6) is -0.0229. The van der Waals surface area contributed by atoms with Crippen LogP contribution in [0.25, 0.3) is 0 Å². The maximum atomic E-state index is 12.3. The number of carbonyl (C=O) groups is 2. The normalized spacial score (nSPS) is 10.6. The summed E-state index contributed by atoms with van der Waals surface area (Å²) in [4.78, 5) is 26.0. The van der Waals surface area contributed by atoms with Gasteiger partial charge in [-0.05, 0) is 32.0 Å². The number of amides is 2. The molecule has 0 aliphatic heterocycles. The lowest BCUT2D eigenvalue weighted by Gasteiger charge is -2.15. The zero-order valence-corrected chi connectivity index (χ0v) is 14.5. The average molecular weight is 330 g/mol. The van der Waals surface area contributed by atoms with E-state index in [-0.39, 0.29) is 17.9 Å². The van der Waals surface area contributed by atoms with Crippen LogP contribution < -0.4 is 10.1 Å². The van der Waals surface area contributed by atoms with E-state index in [0.29, 0.717) is 22.6 Å². The van der Waals surface area contributed by atoms with E-state index >= 15 is 0 Å². The summed E-state index contributed by atoms with van der Waals surface area (Å²) in [6.45, 7) is 3.97. The summed E-state index contributed by atoms with van der Waals surface area (Å²) in [5, 5.41) is 6.93. The van der Waals surface area contributed by atoms with Gasteiger partial charge >= 0.3 is 0 Å². The highest BCUT2D eigenvalue weighted by Gasteiger charge is 2.16. The number of hydrogen-bond acceptors (Lipinski definition) is 4. The highest BCUT2D eigenvalue weighted by Crippen LogP contribution is 2.24. The van der Waals surface area contributed by atoms with E-state index < -0.39 is 0 Å². The summed E-state index contributed by atoms with van der Waals surface area (Å²) >= 11 is 0. The predicted octanol–water partition coefficient (Wildman–Crippen LogP) is 2.43. The summed E-state index contributed by atoms with van der Waals surface area (Å²) in [6.07, 6.45) is 3.21. The third-order valence-electron chi connectivity index (χ3n) is 3.49. The molecule has 0 bridgehead atoms. The lowest BCUT2D eigenvalue weighted by molar-refractivity contribution is 0.0824. The average Bonchev–Trinajstić information content (AvgIpc) is 3.04. The minimum absolute atomic E-state index is 0.178. The van der Waals surface area contributed by atoms with Crippen LogP contribution in [0.2, 0.25) is 0 Å². The van der Waals surface area contributed by atoms with Crippen LogP contribution in [0.3, 0.4) is 0 Å². The van der Waals surface area contributed by atoms with Crippen LogP contribution in [0.1, 0.15) is 40.6 Å². The van der Waals surface area contributed by atoms with Gasteiger partial charge in [0.05, 0.1) is 24.4 Å². The topological polar surface area (TPSA) is 76.5 Å². The fourth-order valence-electron chi connectivity index (χ4n) is 2.13. The Morgan fingerprint density at radius 1 is 1.29 bits per heavy atom. The monoisotopic (exact) mass is 330 g/mol. The molecule has 24 heavy (non-hydrogen) atoms. The van der Waals surface area contributed by atoms with Gasteiger partial charge in [0.15, 0.2) is 0 Å². The van der Waals surface area contributed by atoms with Gasteiger partial charge in [0.25, 0.3) is 11.8 Å². The van der Waals surface area contributed by atoms with E-state index in [1.54, 1.807) is 43.2 Å². The minimum Gasteiger partial charge on any atom is -0.496 e. The SMILES string of the molecule is COc1ccc(NC(=O)c2cnn(C(C)C)c2)cc1C(=O)N(C)C. The molecule has 2 amide bonds. The van der Waals surface area contributed by atoms with Crippen LogP contribution in [-0.4, -0.2) is 47.7 Å². The molecular weight excluding hydrogens is 308 g/mol. The van der Waals surface area contributed by atoms with Gasteiger partial charge < -0.3 is 15.0 Å². The van der Waals surface area contributed by atoms with Crippen LogP contribution in [0.4, 0.5) is 5.69 Å². The Balaban J connectivity index is 2.24. The predicted molar refractivity (Wildman–Crippen MR) is 91.6 cm³/mol. The zero-order valence-electron chi connectivity index (χ0n) is 14.5. The smallest absolute Gasteiger partial charge is 0.258 e. The van der Waals surface area contributed by atoms with Crippen molar-refractivity contribution in [2.45, 2.75) is 19.9 Å². The van der Waals surface area contributed by atoms with E-state index in [1.165, 1.54) is 18.2 Å². The zero-order chi connectivity index (χ0) is 17.9. The van der Waals surface area contributed by atoms with Gasteiger partial charge in [-0.25, -0.2) is 0 Å². The first-order valence-electron chi connectivity index (χ1n) is 7.58. The first-order chi connectivity index (χ1) is 11.3. The number of benzene rings is 1. The molecule has 0 radical (unpaired) electrons. The van der Waals surface area contributed by atoms with E-state index in [9.17, 15) is 9.59 Å². The Labute approximate surface area is 141 Å². The van der Waals surface area contributed by atoms with Gasteiger partial charge in [-0.2, -0.15) is 5.10 Å². The highest BCUT2D eigenvalue weighted by molar-refractivity contribution is 6.05. The molecule has 1 heterocycles. The van der Waals surface area contributed by atoms with Crippen molar-refractivity contribution in [2.75, 3.05) is 26.5 Å². The molecule has 2 rings (SSSR count). The van der Waals surface area contributed by atoms with Crippen molar-refractivity contribution >= 4 is 17.5 Å². The van der Waals surface area contributed by atoms with Crippen molar-refractivity contribution in [3.8, 4) is 5.75 Å². The molecule has 0 atom stereocenters. The number of anilines is 1. The molecule has 2 aromatic rings. The molecular formula is C17H22N4O3. The summed E-state index contributed by atoms with van der Waals surface area (Å²) < 4.78 is 6.93. The molecule has 0 aliphatic carbocycles. The molecule has 0 saturated heterocycles. The largest absolute Gasteiger partial charge is 0.496 e. The number of aromatic nitrogens is 2. The number of carbonyl (C=O) groups excluding carboxylic acids is 2. The van der Waals surface area contributed by atoms with Crippen LogP contribution in [0, 0.1) is 0 Å². The number of rotatable bonds is 5. The summed E-state index contributed by atoms with van der Waals surface area (Å²) in [6, 6.07) is 5.13. The fourth-order valence-corrected chi connectivity index (χ4v) is 2.13. The number of methoxy groups -OCH3 is 1. The second-order valence-corrected chi connectivity index (χ2v) is 5.87. The molecule has 0 saturated carbocycles. The minimum atomic E-state index is -0.282. The second kappa shape index (κ2) is 7.16. The molecule has 1 aromatic heterocycles. The van der Waals surface area contributed by atoms with Crippen LogP contribution in [0.5, 0.6) is 5.75 Å². The van der Waals surface area contributed by atoms with Crippen molar-refractivity contribution in [1.82, 2.24) is 14.7 Å². The second-order valence-electron chi connectivity index (χ2n) is 5.87. The molecule has 1 N–H and O–H groups in total. The number of nitrogens with one attached hydrogen (secondary N) is 1. The van der Waals surface area contributed by atoms with Crippen molar-refractivity contribution in [2.24, 2.45) is 0 Å². The van der Waals surface area contributed by atoms with Crippen molar-refractivity contribution in [3.63, 3.8) is 0 Å². The van der Waals surface area contributed by atoms with E-state index in [4.69, 9.17) is 4.74 Å². The van der Waals surface area contributed by atoms with Crippen LogP contribution in [0.15, 0.2) is 30.6 Å². The van der Waals surface area contributed by atoms with E-state index in [2.05, 4.69) is 10.4 Å². The fraction of sp³-hybridized carbons (Fsp3) is 0.353. The van der Waals surface area contributed by atoms with E-state index in [0.717, 1.165) is 0 Å². The molecule has 0 aliphatic rings. The number of ether oxygens (including phenoxy) is 1. The molecule has 0 fully saturated rings. The Morgan fingerprint density at radius 2 is 2.00 bits per heavy atom. The lowest BCUT2D eigenvalue weighted by atomic mass is 10.1. The first-order valence-corrected chi connectivity index (χ1v) is 7.58. The number of nitrogens with zero attached hydrogens (tertiary/aromatic N) is 3. The molecule has 7 heteroatoms. The molecule has 0 unspecified atom stereocenters. The van der Waals surface area contributed by atoms with Gasteiger partial charge in [0.1, 0.15) is 5.75 Å². The Hall–Kier alpha value is -2.83. The van der Waals surface area contributed by atoms with Crippen molar-refractivity contribution in [3.05, 3.63) is 41.7 Å². The van der Waals surface area contributed by atoms with Crippen molar-refractivity contribution < 1.29 is 14.3 Å². The third-order valence-corrected chi connectivity index (χ3v) is 3.49. The number of hydrogen-bond donors (Lipinski definition) is 1. The maximum Gasteiger partial charge on any atom is 0.258 e. The van der Waals surface area contributed by atoms with Gasteiger partial charge in [0, 0.05) is 32.0 Å². The summed E-state index contributed by atoms with van der Waals surface area (Å²) in [7, 11) is 4.82. The molecule has 0 spiro atoms. The molecule has 1 aromatic carbocycles. The van der Waals surface area contributed by atoms with E-state index in [1.807, 2.05) is 13.8 Å². The van der Waals surface area contributed by atoms with Crippen LogP contribution in [-0.2, 0) is 0 Å². The van der Waals surface area contributed by atoms with Gasteiger partial charge in [-0.15, -0.1) is 0 Å². The lowest BCUT2D eigenvalue weighted by Crippen LogP contribution is -2.22. The molecule has 7 nitrogen and oxygen atoms in total. The van der Waals surface area contributed by atoms with Gasteiger partial charge in [-0.1, -0.05) is 0 Å². The maximum absolute atomic E-state index is 12.3. The standard InChI is InChI=1S/C17H22N4O3/c1-11(2)21-10-12(9-18-21)16(22)19-13-6-7-15(24-5)14(8-13)17(23)20(3)4/h6-11H,1-5H3,(H,19,22). The van der Waals surface area contributed by atoms with Gasteiger partial charge in [0.2, 0.25) is 0 Å². The Bertz CT molecular complexity index is 750. The first kappa shape index (κ1) is 17.5. The summed E-state index contributed by atoms with van der Waals surface area (Å²) in [5.41, 5.74) is 1.36. The van der Waals surface area contributed by atoms with Crippen molar-refractivity contribution in [1.29, 1.82) is 0 Å². The van der Waals surface area contributed by atoms with Gasteiger partial charge in [-0.3, -0.25) is 14.3 Å². The quantitative estimate of drug-likeness (QED) is 0.913. The Morgan fingerprint density at radius 3 is 2.54 bits per heavy atom.